The van der Waals surface area contributed by atoms with Gasteiger partial charge in [0.15, 0.2) is 0 Å². The highest BCUT2D eigenvalue weighted by molar-refractivity contribution is 7.27. The molecule has 4 nitrogen and oxygen atoms in total. The molecule has 0 fully saturated rings. The number of hydrogen-bond donors (Lipinski definition) is 3. The van der Waals surface area contributed by atoms with E-state index in [1.54, 1.807) is 0 Å². The highest BCUT2D eigenvalue weighted by Crippen LogP contribution is 2.49. The molecule has 0 aliphatic carbocycles. The first kappa shape index (κ1) is 66.7. The number of rotatable bonds is 11. The highest BCUT2D eigenvalue weighted by atomic mass is 32.1. The molecule has 23 rings (SSSR count). The predicted octanol–water partition coefficient (Wildman–Crippen LogP) is 32.3. The lowest BCUT2D eigenvalue weighted by Gasteiger charge is -2.16. The van der Waals surface area contributed by atoms with Crippen molar-refractivity contribution in [2.24, 2.45) is 0 Å². The van der Waals surface area contributed by atoms with Crippen molar-refractivity contribution in [1.82, 2.24) is 0 Å². The van der Waals surface area contributed by atoms with Gasteiger partial charge in [0, 0.05) is 142 Å². The van der Waals surface area contributed by atoms with Gasteiger partial charge in [-0.3, -0.25) is 0 Å². The molecule has 0 spiro atoms. The largest absolute Gasteiger partial charge is 0.456 e. The second-order valence-electron chi connectivity index (χ2n) is 28.4. The molecular formula is C104H67N3OS4. The number of nitrogens with one attached hydrogen (secondary N) is 3. The first-order valence-electron chi connectivity index (χ1n) is 37.7. The first-order valence-corrected chi connectivity index (χ1v) is 41.0. The van der Waals surface area contributed by atoms with Crippen molar-refractivity contribution in [2.75, 3.05) is 16.0 Å². The quantitative estimate of drug-likeness (QED) is 0.121. The van der Waals surface area contributed by atoms with E-state index in [1.165, 1.54) is 152 Å². The van der Waals surface area contributed by atoms with Crippen LogP contribution in [0.25, 0.3) is 180 Å². The van der Waals surface area contributed by atoms with E-state index in [4.69, 9.17) is 4.42 Å². The lowest BCUT2D eigenvalue weighted by molar-refractivity contribution is 0.669. The van der Waals surface area contributed by atoms with E-state index < -0.39 is 0 Å². The Morgan fingerprint density at radius 1 is 0.188 bits per heavy atom. The first-order chi connectivity index (χ1) is 55.4. The van der Waals surface area contributed by atoms with E-state index in [0.29, 0.717) is 0 Å². The molecule has 0 saturated heterocycles. The average Bonchev–Trinajstić information content (AvgIpc) is 1.59. The van der Waals surface area contributed by atoms with Gasteiger partial charge in [-0.15, -0.1) is 45.3 Å². The van der Waals surface area contributed by atoms with Crippen LogP contribution in [0, 0.1) is 0 Å². The van der Waals surface area contributed by atoms with Gasteiger partial charge in [0.05, 0.1) is 0 Å². The van der Waals surface area contributed by atoms with E-state index in [1.807, 2.05) is 63.5 Å². The van der Waals surface area contributed by atoms with Gasteiger partial charge in [0.25, 0.3) is 0 Å². The van der Waals surface area contributed by atoms with Crippen LogP contribution >= 0.6 is 45.3 Å². The Balaban J connectivity index is 0.000000107. The fourth-order valence-corrected chi connectivity index (χ4v) is 20.9. The predicted molar refractivity (Wildman–Crippen MR) is 490 cm³/mol. The Kier molecular flexibility index (Phi) is 17.0. The maximum Gasteiger partial charge on any atom is 0.136 e. The third-order valence-corrected chi connectivity index (χ3v) is 26.3. The van der Waals surface area contributed by atoms with Crippen molar-refractivity contribution in [3.8, 4) is 55.6 Å². The van der Waals surface area contributed by atoms with Gasteiger partial charge in [0.1, 0.15) is 11.2 Å². The summed E-state index contributed by atoms with van der Waals surface area (Å²) in [6.07, 6.45) is 0. The highest BCUT2D eigenvalue weighted by Gasteiger charge is 2.21. The van der Waals surface area contributed by atoms with Gasteiger partial charge in [-0.2, -0.15) is 0 Å². The second-order valence-corrected chi connectivity index (χ2v) is 32.7. The SMILES string of the molecule is c1ccc(-c2cc(Nc3ccc4sc5ccccc5c4c3)cc3c2sc2ccccc23)cc1.c1ccc(-c2ccc(Nc3cc(-c4ccc5c(c4)oc4ccccc45)c4sc5ccccc5c4c3)cc2)cc1.c1ccc2cc(-c3ccc(Nc4ccc5c(sc6ccccc65)c4-c4cccc5ccccc45)cc3)ccc2c1. The number of para-hydroxylation sites is 1. The standard InChI is InChI=1S/C38H25NS.C36H23NOS.C30H19NS2/c1-2-10-28-24-29(17-16-25(28)8-1)26-18-20-30(21-19-26)39-35-23-22-34-32-13-5-6-15-36(32)40-38(34)37(35)33-14-7-11-27-9-3-4-12-31(27)33;1-2-8-23(9-3-1)24-14-17-26(18-15-24)37-27-21-31(36-32(22-27)30-11-5-7-13-35(30)39-36)25-16-19-29-28-10-4-6-12-33(28)38-34(29)20-25;1-2-8-19(9-3-1)24-17-21(18-26-23-11-5-7-13-28(23)33-30(24)26)31-20-14-15-29-25(16-20)22-10-4-6-12-27(22)32-29/h1-24,39H;1-22,37H;1-18,31H. The maximum atomic E-state index is 6.25. The normalized spacial score (nSPS) is 11.6. The molecule has 0 radical (unpaired) electrons. The number of anilines is 6. The summed E-state index contributed by atoms with van der Waals surface area (Å²) in [5, 5.41) is 29.0. The summed E-state index contributed by atoms with van der Waals surface area (Å²) in [6.45, 7) is 0. The Bertz CT molecular complexity index is 7530. The molecule has 8 heteroatoms. The van der Waals surface area contributed by atoms with E-state index in [0.717, 1.165) is 61.6 Å². The van der Waals surface area contributed by atoms with Crippen LogP contribution in [0.1, 0.15) is 0 Å². The van der Waals surface area contributed by atoms with E-state index in [9.17, 15) is 0 Å². The van der Waals surface area contributed by atoms with Gasteiger partial charge in [0.2, 0.25) is 0 Å². The summed E-state index contributed by atoms with van der Waals surface area (Å²) in [5.41, 5.74) is 20.7. The molecule has 23 aromatic rings. The van der Waals surface area contributed by atoms with Crippen molar-refractivity contribution in [2.45, 2.75) is 0 Å². The number of benzene rings is 18. The van der Waals surface area contributed by atoms with Crippen molar-refractivity contribution in [3.63, 3.8) is 0 Å². The lowest BCUT2D eigenvalue weighted by atomic mass is 9.95. The monoisotopic (exact) mass is 1500 g/mol. The molecule has 5 heterocycles. The molecular weight excluding hydrogens is 1440 g/mol. The smallest absolute Gasteiger partial charge is 0.136 e. The molecule has 5 aromatic heterocycles. The fraction of sp³-hybridized carbons (Fsp3) is 0. The van der Waals surface area contributed by atoms with Crippen LogP contribution in [0.2, 0.25) is 0 Å². The average molecular weight is 1500 g/mol. The maximum absolute atomic E-state index is 6.25. The van der Waals surface area contributed by atoms with Crippen molar-refractivity contribution < 1.29 is 4.42 Å². The molecule has 0 atom stereocenters. The van der Waals surface area contributed by atoms with Crippen LogP contribution in [0.3, 0.4) is 0 Å². The van der Waals surface area contributed by atoms with E-state index in [2.05, 4.69) is 386 Å². The van der Waals surface area contributed by atoms with Gasteiger partial charge < -0.3 is 20.4 Å². The molecule has 18 aromatic carbocycles. The van der Waals surface area contributed by atoms with Crippen LogP contribution in [-0.2, 0) is 0 Å². The molecule has 0 saturated carbocycles. The minimum absolute atomic E-state index is 0.915. The number of furan rings is 1. The molecule has 0 bridgehead atoms. The zero-order valence-electron chi connectivity index (χ0n) is 60.5. The Morgan fingerprint density at radius 2 is 0.625 bits per heavy atom. The van der Waals surface area contributed by atoms with Crippen LogP contribution in [0.5, 0.6) is 0 Å². The third kappa shape index (κ3) is 12.5. The summed E-state index contributed by atoms with van der Waals surface area (Å²) in [7, 11) is 0. The number of fused-ring (bicyclic) bond motifs is 17. The Hall–Kier alpha value is -13.4. The summed E-state index contributed by atoms with van der Waals surface area (Å²) < 4.78 is 16.8. The molecule has 0 aliphatic heterocycles. The number of hydrogen-bond acceptors (Lipinski definition) is 8. The van der Waals surface area contributed by atoms with Crippen molar-refractivity contribution in [3.05, 3.63) is 388 Å². The van der Waals surface area contributed by atoms with Crippen molar-refractivity contribution in [1.29, 1.82) is 0 Å². The fourth-order valence-electron chi connectivity index (χ4n) is 16.1. The van der Waals surface area contributed by atoms with Crippen molar-refractivity contribution >= 4 is 204 Å². The molecule has 0 unspecified atom stereocenters. The minimum atomic E-state index is 0.915. The number of thiophene rings is 4. The van der Waals surface area contributed by atoms with Gasteiger partial charge in [-0.1, -0.05) is 267 Å². The van der Waals surface area contributed by atoms with Gasteiger partial charge >= 0.3 is 0 Å². The second kappa shape index (κ2) is 28.5. The Labute approximate surface area is 662 Å². The van der Waals surface area contributed by atoms with Gasteiger partial charge in [-0.05, 0) is 182 Å². The van der Waals surface area contributed by atoms with E-state index in [-0.39, 0.29) is 0 Å². The summed E-state index contributed by atoms with van der Waals surface area (Å²) in [5.74, 6) is 0. The zero-order chi connectivity index (χ0) is 74.0. The molecule has 3 N–H and O–H groups in total. The summed E-state index contributed by atoms with van der Waals surface area (Å²) >= 11 is 7.46. The minimum Gasteiger partial charge on any atom is -0.456 e. The molecule has 0 aliphatic rings. The Morgan fingerprint density at radius 3 is 1.29 bits per heavy atom. The summed E-state index contributed by atoms with van der Waals surface area (Å²) in [4.78, 5) is 0. The van der Waals surface area contributed by atoms with E-state index >= 15 is 0 Å². The van der Waals surface area contributed by atoms with Crippen LogP contribution in [-0.4, -0.2) is 0 Å². The zero-order valence-corrected chi connectivity index (χ0v) is 63.8. The molecule has 0 amide bonds. The summed E-state index contributed by atoms with van der Waals surface area (Å²) in [6, 6.07) is 139. The van der Waals surface area contributed by atoms with Crippen LogP contribution < -0.4 is 16.0 Å². The molecule has 112 heavy (non-hydrogen) atoms. The van der Waals surface area contributed by atoms with Gasteiger partial charge in [-0.25, -0.2) is 0 Å². The van der Waals surface area contributed by atoms with Crippen LogP contribution in [0.15, 0.2) is 393 Å². The molecule has 528 valence electrons. The third-order valence-electron chi connectivity index (χ3n) is 21.5. The van der Waals surface area contributed by atoms with Crippen LogP contribution in [0.4, 0.5) is 34.1 Å². The lowest BCUT2D eigenvalue weighted by Crippen LogP contribution is -1.94. The topological polar surface area (TPSA) is 49.2 Å².